The average Bonchev–Trinajstić information content (AvgIpc) is 3.32. The van der Waals surface area contributed by atoms with Crippen LogP contribution in [0.3, 0.4) is 0 Å². The van der Waals surface area contributed by atoms with E-state index >= 15 is 0 Å². The Morgan fingerprint density at radius 3 is 2.51 bits per heavy atom. The third kappa shape index (κ3) is 6.64. The van der Waals surface area contributed by atoms with Crippen LogP contribution in [0.1, 0.15) is 74.2 Å². The van der Waals surface area contributed by atoms with Crippen LogP contribution in [0, 0.1) is 5.82 Å². The summed E-state index contributed by atoms with van der Waals surface area (Å²) in [5.74, 6) is -0.307. The Morgan fingerprint density at radius 1 is 1.15 bits per heavy atom. The van der Waals surface area contributed by atoms with Crippen molar-refractivity contribution >= 4 is 26.8 Å². The maximum Gasteiger partial charge on any atom is 0.256 e. The lowest BCUT2D eigenvalue weighted by Gasteiger charge is -2.33. The van der Waals surface area contributed by atoms with Crippen molar-refractivity contribution < 1.29 is 17.6 Å². The zero-order valence-corrected chi connectivity index (χ0v) is 25.1. The van der Waals surface area contributed by atoms with Gasteiger partial charge in [0, 0.05) is 50.0 Å². The highest BCUT2D eigenvalue weighted by atomic mass is 32.2. The number of likely N-dealkylation sites (tertiary alicyclic amines) is 1. The van der Waals surface area contributed by atoms with Crippen LogP contribution >= 0.6 is 0 Å². The Balaban J connectivity index is 1.35. The van der Waals surface area contributed by atoms with Gasteiger partial charge in [-0.25, -0.2) is 17.5 Å². The molecule has 2 aliphatic rings. The molecule has 8 nitrogen and oxygen atoms in total. The zero-order valence-electron chi connectivity index (χ0n) is 24.3. The highest BCUT2D eigenvalue weighted by Crippen LogP contribution is 2.37. The van der Waals surface area contributed by atoms with Crippen molar-refractivity contribution in [3.8, 4) is 5.69 Å². The summed E-state index contributed by atoms with van der Waals surface area (Å²) in [5, 5.41) is 1.11. The lowest BCUT2D eigenvalue weighted by molar-refractivity contribution is 0.0754. The molecule has 41 heavy (non-hydrogen) atoms. The van der Waals surface area contributed by atoms with Crippen LogP contribution in [0.2, 0.25) is 0 Å². The number of nitrogens with zero attached hydrogens (tertiary/aromatic N) is 4. The van der Waals surface area contributed by atoms with Crippen LogP contribution in [0.25, 0.3) is 16.6 Å². The molecule has 1 saturated heterocycles. The first-order valence-electron chi connectivity index (χ1n) is 14.4. The summed E-state index contributed by atoms with van der Waals surface area (Å²) in [4.78, 5) is 21.7. The van der Waals surface area contributed by atoms with Gasteiger partial charge in [0.15, 0.2) is 0 Å². The molecule has 10 heteroatoms. The predicted molar refractivity (Wildman–Crippen MR) is 160 cm³/mol. The van der Waals surface area contributed by atoms with Crippen LogP contribution in [-0.4, -0.2) is 72.2 Å². The summed E-state index contributed by atoms with van der Waals surface area (Å²) >= 11 is 0. The first-order chi connectivity index (χ1) is 19.5. The van der Waals surface area contributed by atoms with Crippen molar-refractivity contribution in [1.82, 2.24) is 24.1 Å². The number of carbonyl (C=O) groups is 1. The fourth-order valence-corrected chi connectivity index (χ4v) is 6.92. The lowest BCUT2D eigenvalue weighted by Crippen LogP contribution is -2.36. The fourth-order valence-electron chi connectivity index (χ4n) is 6.08. The first-order valence-corrected chi connectivity index (χ1v) is 16.3. The number of pyridine rings is 1. The van der Waals surface area contributed by atoms with E-state index in [1.54, 1.807) is 24.2 Å². The van der Waals surface area contributed by atoms with Crippen LogP contribution in [0.5, 0.6) is 0 Å². The third-order valence-electron chi connectivity index (χ3n) is 8.53. The van der Waals surface area contributed by atoms with Gasteiger partial charge in [0.05, 0.1) is 29.2 Å². The second-order valence-electron chi connectivity index (χ2n) is 11.8. The van der Waals surface area contributed by atoms with Crippen LogP contribution in [0.4, 0.5) is 4.39 Å². The van der Waals surface area contributed by atoms with Gasteiger partial charge < -0.3 is 14.4 Å². The molecule has 5 rings (SSSR count). The largest absolute Gasteiger partial charge is 0.377 e. The molecule has 0 radical (unpaired) electrons. The summed E-state index contributed by atoms with van der Waals surface area (Å²) < 4.78 is 42.2. The summed E-state index contributed by atoms with van der Waals surface area (Å²) in [6.07, 6.45) is 14.7. The molecule has 2 fully saturated rings. The summed E-state index contributed by atoms with van der Waals surface area (Å²) in [5.41, 5.74) is 4.49. The lowest BCUT2D eigenvalue weighted by atomic mass is 9.88. The molecular weight excluding hydrogens is 541 g/mol. The molecule has 0 atom stereocenters. The second kappa shape index (κ2) is 11.9. The van der Waals surface area contributed by atoms with Gasteiger partial charge in [0.2, 0.25) is 10.0 Å². The van der Waals surface area contributed by atoms with E-state index in [4.69, 9.17) is 0 Å². The first kappa shape index (κ1) is 29.3. The number of amides is 1. The number of nitrogens with one attached hydrogen (secondary N) is 1. The van der Waals surface area contributed by atoms with E-state index in [2.05, 4.69) is 27.0 Å². The molecule has 1 aliphatic heterocycles. The molecule has 3 aromatic rings. The quantitative estimate of drug-likeness (QED) is 0.415. The fraction of sp³-hybridized carbons (Fsp3) is 0.484. The van der Waals surface area contributed by atoms with E-state index in [1.165, 1.54) is 29.5 Å². The Bertz CT molecular complexity index is 1550. The van der Waals surface area contributed by atoms with Gasteiger partial charge in [-0.1, -0.05) is 5.57 Å². The normalized spacial score (nSPS) is 18.7. The maximum absolute atomic E-state index is 14.4. The molecule has 0 bridgehead atoms. The van der Waals surface area contributed by atoms with Crippen LogP contribution in [0.15, 0.2) is 54.6 Å². The van der Waals surface area contributed by atoms with E-state index < -0.39 is 15.8 Å². The molecule has 2 aromatic heterocycles. The Morgan fingerprint density at radius 2 is 1.85 bits per heavy atom. The van der Waals surface area contributed by atoms with Gasteiger partial charge in [-0.3, -0.25) is 9.78 Å². The Kier molecular flexibility index (Phi) is 8.52. The molecule has 0 spiro atoms. The molecule has 1 aromatic carbocycles. The van der Waals surface area contributed by atoms with Gasteiger partial charge in [-0.05, 0) is 94.3 Å². The Labute approximate surface area is 242 Å². The molecule has 1 N–H and O–H groups in total. The van der Waals surface area contributed by atoms with Gasteiger partial charge in [0.25, 0.3) is 5.91 Å². The number of rotatable bonds is 7. The summed E-state index contributed by atoms with van der Waals surface area (Å²) in [6.45, 7) is 5.76. The smallest absolute Gasteiger partial charge is 0.256 e. The minimum absolute atomic E-state index is 0.0170. The third-order valence-corrected chi connectivity index (χ3v) is 9.29. The topological polar surface area (TPSA) is 87.5 Å². The van der Waals surface area contributed by atoms with E-state index in [1.807, 2.05) is 30.7 Å². The van der Waals surface area contributed by atoms with E-state index in [-0.39, 0.29) is 18.0 Å². The number of piperidine rings is 1. The molecule has 0 unspecified atom stereocenters. The predicted octanol–water partition coefficient (Wildman–Crippen LogP) is 5.20. The molecular formula is C31H40FN5O3S. The number of hydrogen-bond acceptors (Lipinski definition) is 5. The molecule has 1 aliphatic carbocycles. The monoisotopic (exact) mass is 581 g/mol. The van der Waals surface area contributed by atoms with Crippen molar-refractivity contribution in [2.75, 3.05) is 26.4 Å². The van der Waals surface area contributed by atoms with Gasteiger partial charge in [0.1, 0.15) is 5.82 Å². The van der Waals surface area contributed by atoms with Crippen LogP contribution < -0.4 is 4.72 Å². The number of benzene rings is 1. The number of aromatic nitrogens is 2. The van der Waals surface area contributed by atoms with Gasteiger partial charge in [-0.2, -0.15) is 0 Å². The summed E-state index contributed by atoms with van der Waals surface area (Å²) in [6, 6.07) is 6.46. The maximum atomic E-state index is 14.4. The number of allylic oxidation sites excluding steroid dienone is 1. The molecule has 3 heterocycles. The second-order valence-corrected chi connectivity index (χ2v) is 13.6. The standard InChI is InChI=1S/C31H40FN5O3S/c1-21(2)35(3)31(38)27-17-24(32)7-10-29(27)37-20-28(26-11-14-33-18-30(26)37)23-12-15-36(16-13-23)19-22-5-8-25(9-6-22)34-41(4,39)40/h7,10-11,14,17-21,23,25,34H,5-6,8-9,12-13,15-16H2,1-4H3. The van der Waals surface area contributed by atoms with Gasteiger partial charge in [-0.15, -0.1) is 0 Å². The van der Waals surface area contributed by atoms with Crippen molar-refractivity contribution in [2.24, 2.45) is 0 Å². The molecule has 1 amide bonds. The summed E-state index contributed by atoms with van der Waals surface area (Å²) in [7, 11) is -1.43. The van der Waals surface area contributed by atoms with Crippen molar-refractivity contribution in [3.63, 3.8) is 0 Å². The molecule has 220 valence electrons. The number of fused-ring (bicyclic) bond motifs is 1. The highest BCUT2D eigenvalue weighted by molar-refractivity contribution is 7.88. The number of carbonyl (C=O) groups excluding carboxylic acids is 1. The Hall–Kier alpha value is -3.24. The minimum Gasteiger partial charge on any atom is -0.377 e. The number of sulfonamides is 1. The van der Waals surface area contributed by atoms with Crippen molar-refractivity contribution in [1.29, 1.82) is 0 Å². The van der Waals surface area contributed by atoms with E-state index in [0.29, 0.717) is 17.2 Å². The SMILES string of the molecule is CC(C)N(C)C(=O)c1cc(F)ccc1-n1cc(C2CCN(C=C3CCC(NS(C)(=O)=O)CC3)CC2)c2ccncc21. The minimum atomic E-state index is -3.17. The van der Waals surface area contributed by atoms with E-state index in [9.17, 15) is 17.6 Å². The van der Waals surface area contributed by atoms with Crippen molar-refractivity contribution in [3.05, 3.63) is 71.6 Å². The van der Waals surface area contributed by atoms with Crippen molar-refractivity contribution in [2.45, 2.75) is 70.4 Å². The number of halogens is 1. The van der Waals surface area contributed by atoms with Crippen LogP contribution in [-0.2, 0) is 10.0 Å². The number of hydrogen-bond donors (Lipinski definition) is 1. The average molecular weight is 582 g/mol. The highest BCUT2D eigenvalue weighted by Gasteiger charge is 2.26. The van der Waals surface area contributed by atoms with E-state index in [0.717, 1.165) is 62.5 Å². The van der Waals surface area contributed by atoms with Gasteiger partial charge >= 0.3 is 0 Å². The molecule has 1 saturated carbocycles. The zero-order chi connectivity index (χ0) is 29.3.